The first-order valence-electron chi connectivity index (χ1n) is 6.65. The van der Waals surface area contributed by atoms with Crippen molar-refractivity contribution in [2.75, 3.05) is 11.9 Å². The lowest BCUT2D eigenvalue weighted by Gasteiger charge is -2.27. The average Bonchev–Trinajstić information content (AvgIpc) is 2.28. The normalized spacial score (nSPS) is 13.5. The zero-order valence-corrected chi connectivity index (χ0v) is 11.9. The second-order valence-electron chi connectivity index (χ2n) is 5.84. The Morgan fingerprint density at radius 2 is 2.00 bits per heavy atom. The second kappa shape index (κ2) is 6.04. The van der Waals surface area contributed by atoms with Gasteiger partial charge in [-0.2, -0.15) is 0 Å². The molecule has 0 saturated carbocycles. The summed E-state index contributed by atoms with van der Waals surface area (Å²) in [4.78, 5) is 4.47. The number of anilines is 1. The van der Waals surface area contributed by atoms with Gasteiger partial charge in [0.15, 0.2) is 0 Å². The summed E-state index contributed by atoms with van der Waals surface area (Å²) in [5.74, 6) is 1.52. The predicted octanol–water partition coefficient (Wildman–Crippen LogP) is 4.44. The fourth-order valence-electron chi connectivity index (χ4n) is 1.66. The van der Waals surface area contributed by atoms with Gasteiger partial charge in [-0.25, -0.2) is 4.98 Å². The summed E-state index contributed by atoms with van der Waals surface area (Å²) in [6.07, 6.45) is 4.41. The highest BCUT2D eigenvalue weighted by atomic mass is 15.0. The second-order valence-corrected chi connectivity index (χ2v) is 5.84. The van der Waals surface area contributed by atoms with Gasteiger partial charge in [0.1, 0.15) is 5.82 Å². The topological polar surface area (TPSA) is 24.9 Å². The van der Waals surface area contributed by atoms with E-state index >= 15 is 0 Å². The van der Waals surface area contributed by atoms with Crippen LogP contribution < -0.4 is 5.32 Å². The number of pyridine rings is 1. The van der Waals surface area contributed by atoms with Crippen LogP contribution in [0.25, 0.3) is 0 Å². The maximum atomic E-state index is 4.47. The molecule has 2 nitrogen and oxygen atoms in total. The first-order chi connectivity index (χ1) is 7.95. The lowest BCUT2D eigenvalue weighted by molar-refractivity contribution is 0.339. The van der Waals surface area contributed by atoms with Gasteiger partial charge in [-0.1, -0.05) is 47.1 Å². The van der Waals surface area contributed by atoms with Crippen LogP contribution in [0.2, 0.25) is 0 Å². The minimum absolute atomic E-state index is 0.291. The average molecular weight is 234 g/mol. The van der Waals surface area contributed by atoms with Gasteiger partial charge >= 0.3 is 0 Å². The van der Waals surface area contributed by atoms with E-state index in [0.717, 1.165) is 12.4 Å². The molecule has 0 spiro atoms. The molecule has 0 bridgehead atoms. The largest absolute Gasteiger partial charge is 0.370 e. The minimum atomic E-state index is 0.291. The number of nitrogens with one attached hydrogen (secondary N) is 1. The highest BCUT2D eigenvalue weighted by molar-refractivity contribution is 5.36. The summed E-state index contributed by atoms with van der Waals surface area (Å²) in [5.41, 5.74) is 1.61. The van der Waals surface area contributed by atoms with E-state index in [1.165, 1.54) is 18.4 Å². The van der Waals surface area contributed by atoms with Gasteiger partial charge in [-0.05, 0) is 29.4 Å². The van der Waals surface area contributed by atoms with Crippen molar-refractivity contribution in [2.24, 2.45) is 5.41 Å². The SMILES string of the molecule is CCCCNc1ccc(C(C)C(C)(C)C)cn1. The fourth-order valence-corrected chi connectivity index (χ4v) is 1.66. The molecule has 0 fully saturated rings. The summed E-state index contributed by atoms with van der Waals surface area (Å²) >= 11 is 0. The van der Waals surface area contributed by atoms with Crippen LogP contribution in [-0.4, -0.2) is 11.5 Å². The van der Waals surface area contributed by atoms with Crippen molar-refractivity contribution in [2.45, 2.75) is 53.4 Å². The minimum Gasteiger partial charge on any atom is -0.370 e. The molecule has 1 rings (SSSR count). The van der Waals surface area contributed by atoms with E-state index in [2.05, 4.69) is 57.1 Å². The van der Waals surface area contributed by atoms with Gasteiger partial charge in [0, 0.05) is 12.7 Å². The van der Waals surface area contributed by atoms with Crippen LogP contribution in [0.15, 0.2) is 18.3 Å². The third-order valence-corrected chi connectivity index (χ3v) is 3.42. The number of unbranched alkanes of at least 4 members (excludes halogenated alkanes) is 1. The van der Waals surface area contributed by atoms with Gasteiger partial charge < -0.3 is 5.32 Å². The quantitative estimate of drug-likeness (QED) is 0.762. The Kier molecular flexibility index (Phi) is 4.98. The number of rotatable bonds is 5. The molecule has 0 radical (unpaired) electrons. The van der Waals surface area contributed by atoms with Crippen LogP contribution in [0.4, 0.5) is 5.82 Å². The third kappa shape index (κ3) is 4.37. The van der Waals surface area contributed by atoms with Gasteiger partial charge in [-0.15, -0.1) is 0 Å². The molecule has 1 N–H and O–H groups in total. The molecule has 17 heavy (non-hydrogen) atoms. The van der Waals surface area contributed by atoms with Crippen molar-refractivity contribution in [3.05, 3.63) is 23.9 Å². The summed E-state index contributed by atoms with van der Waals surface area (Å²) in [6.45, 7) is 12.3. The molecule has 0 saturated heterocycles. The van der Waals surface area contributed by atoms with Crippen molar-refractivity contribution in [3.63, 3.8) is 0 Å². The standard InChI is InChI=1S/C15H26N2/c1-6-7-10-16-14-9-8-13(11-17-14)12(2)15(3,4)5/h8-9,11-12H,6-7,10H2,1-5H3,(H,16,17). The molecule has 0 amide bonds. The summed E-state index contributed by atoms with van der Waals surface area (Å²) in [6, 6.07) is 4.28. The molecule has 0 aliphatic heterocycles. The molecule has 1 atom stereocenters. The number of nitrogens with zero attached hydrogens (tertiary/aromatic N) is 1. The Morgan fingerprint density at radius 1 is 1.29 bits per heavy atom. The highest BCUT2D eigenvalue weighted by Crippen LogP contribution is 2.34. The first-order valence-corrected chi connectivity index (χ1v) is 6.65. The lowest BCUT2D eigenvalue weighted by atomic mass is 9.78. The summed E-state index contributed by atoms with van der Waals surface area (Å²) < 4.78 is 0. The predicted molar refractivity (Wildman–Crippen MR) is 75.5 cm³/mol. The van der Waals surface area contributed by atoms with E-state index < -0.39 is 0 Å². The van der Waals surface area contributed by atoms with Crippen molar-refractivity contribution in [1.82, 2.24) is 4.98 Å². The Hall–Kier alpha value is -1.05. The van der Waals surface area contributed by atoms with Crippen LogP contribution >= 0.6 is 0 Å². The van der Waals surface area contributed by atoms with Crippen molar-refractivity contribution >= 4 is 5.82 Å². The molecular weight excluding hydrogens is 208 g/mol. The smallest absolute Gasteiger partial charge is 0.125 e. The Morgan fingerprint density at radius 3 is 2.47 bits per heavy atom. The Balaban J connectivity index is 2.61. The highest BCUT2D eigenvalue weighted by Gasteiger charge is 2.21. The first kappa shape index (κ1) is 14.0. The van der Waals surface area contributed by atoms with E-state index in [1.807, 2.05) is 6.20 Å². The number of hydrogen-bond donors (Lipinski definition) is 1. The van der Waals surface area contributed by atoms with Crippen LogP contribution in [0.1, 0.15) is 58.9 Å². The summed E-state index contributed by atoms with van der Waals surface area (Å²) in [7, 11) is 0. The molecular formula is C15H26N2. The van der Waals surface area contributed by atoms with E-state index in [-0.39, 0.29) is 0 Å². The molecule has 0 aliphatic rings. The molecule has 1 unspecified atom stereocenters. The van der Waals surface area contributed by atoms with Gasteiger partial charge in [0.25, 0.3) is 0 Å². The van der Waals surface area contributed by atoms with Crippen molar-refractivity contribution in [1.29, 1.82) is 0 Å². The van der Waals surface area contributed by atoms with Gasteiger partial charge in [-0.3, -0.25) is 0 Å². The van der Waals surface area contributed by atoms with E-state index in [1.54, 1.807) is 0 Å². The molecule has 1 heterocycles. The van der Waals surface area contributed by atoms with E-state index in [4.69, 9.17) is 0 Å². The molecule has 1 aromatic rings. The van der Waals surface area contributed by atoms with E-state index in [0.29, 0.717) is 11.3 Å². The van der Waals surface area contributed by atoms with E-state index in [9.17, 15) is 0 Å². The molecule has 0 aliphatic carbocycles. The number of aromatic nitrogens is 1. The Bertz CT molecular complexity index is 322. The summed E-state index contributed by atoms with van der Waals surface area (Å²) in [5, 5.41) is 3.34. The van der Waals surface area contributed by atoms with Crippen LogP contribution in [0.5, 0.6) is 0 Å². The monoisotopic (exact) mass is 234 g/mol. The van der Waals surface area contributed by atoms with Crippen LogP contribution in [0.3, 0.4) is 0 Å². The molecule has 0 aromatic carbocycles. The van der Waals surface area contributed by atoms with Crippen molar-refractivity contribution in [3.8, 4) is 0 Å². The molecule has 1 aromatic heterocycles. The van der Waals surface area contributed by atoms with Crippen LogP contribution in [0, 0.1) is 5.41 Å². The maximum Gasteiger partial charge on any atom is 0.125 e. The van der Waals surface area contributed by atoms with Gasteiger partial charge in [0.2, 0.25) is 0 Å². The van der Waals surface area contributed by atoms with Gasteiger partial charge in [0.05, 0.1) is 0 Å². The maximum absolute atomic E-state index is 4.47. The molecule has 96 valence electrons. The Labute approximate surface area is 106 Å². The molecule has 2 heteroatoms. The number of hydrogen-bond acceptors (Lipinski definition) is 2. The zero-order valence-electron chi connectivity index (χ0n) is 11.9. The lowest BCUT2D eigenvalue weighted by Crippen LogP contribution is -2.15. The third-order valence-electron chi connectivity index (χ3n) is 3.42. The zero-order chi connectivity index (χ0) is 12.9. The van der Waals surface area contributed by atoms with Crippen LogP contribution in [-0.2, 0) is 0 Å². The fraction of sp³-hybridized carbons (Fsp3) is 0.667. The van der Waals surface area contributed by atoms with Crippen molar-refractivity contribution < 1.29 is 0 Å².